The number of benzene rings is 1. The third-order valence-electron chi connectivity index (χ3n) is 2.18. The fourth-order valence-electron chi connectivity index (χ4n) is 1.50. The molecule has 1 aromatic carbocycles. The minimum Gasteiger partial charge on any atom is -0.368 e. The van der Waals surface area contributed by atoms with Gasteiger partial charge in [0, 0.05) is 5.39 Å². The van der Waals surface area contributed by atoms with Gasteiger partial charge in [0.25, 0.3) is 0 Å². The zero-order chi connectivity index (χ0) is 9.54. The molecule has 0 atom stereocenters. The lowest BCUT2D eigenvalue weighted by Crippen LogP contribution is -1.95. The van der Waals surface area contributed by atoms with Crippen LogP contribution in [0.3, 0.4) is 0 Å². The Morgan fingerprint density at radius 1 is 1.14 bits per heavy atom. The van der Waals surface area contributed by atoms with Gasteiger partial charge in [-0.1, -0.05) is 12.1 Å². The van der Waals surface area contributed by atoms with Crippen LogP contribution in [0.5, 0.6) is 0 Å². The molecule has 0 amide bonds. The molecule has 3 aromatic rings. The maximum atomic E-state index is 5.62. The van der Waals surface area contributed by atoms with Crippen molar-refractivity contribution in [1.82, 2.24) is 19.6 Å². The van der Waals surface area contributed by atoms with E-state index in [2.05, 4.69) is 15.2 Å². The highest BCUT2D eigenvalue weighted by Gasteiger charge is 2.05. The van der Waals surface area contributed by atoms with E-state index in [4.69, 9.17) is 5.73 Å². The van der Waals surface area contributed by atoms with E-state index in [0.717, 1.165) is 16.6 Å². The molecular formula is C9H7N5. The van der Waals surface area contributed by atoms with Crippen LogP contribution in [0.2, 0.25) is 0 Å². The monoisotopic (exact) mass is 185 g/mol. The van der Waals surface area contributed by atoms with Crippen molar-refractivity contribution in [2.45, 2.75) is 0 Å². The highest BCUT2D eigenvalue weighted by atomic mass is 15.3. The third kappa shape index (κ3) is 0.806. The third-order valence-corrected chi connectivity index (χ3v) is 2.18. The SMILES string of the molecule is Nc1nnc2c3ccccc3ncn12. The van der Waals surface area contributed by atoms with Gasteiger partial charge >= 0.3 is 0 Å². The van der Waals surface area contributed by atoms with Crippen LogP contribution in [0.15, 0.2) is 30.6 Å². The summed E-state index contributed by atoms with van der Waals surface area (Å²) >= 11 is 0. The molecule has 0 saturated carbocycles. The van der Waals surface area contributed by atoms with Crippen molar-refractivity contribution in [1.29, 1.82) is 0 Å². The second kappa shape index (κ2) is 2.41. The summed E-state index contributed by atoms with van der Waals surface area (Å²) in [6.45, 7) is 0. The van der Waals surface area contributed by atoms with Crippen molar-refractivity contribution >= 4 is 22.5 Å². The Kier molecular flexibility index (Phi) is 1.25. The number of anilines is 1. The summed E-state index contributed by atoms with van der Waals surface area (Å²) < 4.78 is 1.67. The number of hydrogen-bond acceptors (Lipinski definition) is 4. The van der Waals surface area contributed by atoms with Crippen molar-refractivity contribution < 1.29 is 0 Å². The maximum Gasteiger partial charge on any atom is 0.227 e. The molecule has 0 aliphatic carbocycles. The molecule has 0 radical (unpaired) electrons. The van der Waals surface area contributed by atoms with Gasteiger partial charge in [0.15, 0.2) is 5.65 Å². The molecule has 5 heteroatoms. The van der Waals surface area contributed by atoms with Gasteiger partial charge in [-0.25, -0.2) is 4.98 Å². The van der Waals surface area contributed by atoms with Crippen molar-refractivity contribution in [3.05, 3.63) is 30.6 Å². The summed E-state index contributed by atoms with van der Waals surface area (Å²) in [5, 5.41) is 8.75. The molecular weight excluding hydrogens is 178 g/mol. The van der Waals surface area contributed by atoms with Crippen molar-refractivity contribution in [2.75, 3.05) is 5.73 Å². The van der Waals surface area contributed by atoms with E-state index < -0.39 is 0 Å². The molecule has 0 spiro atoms. The molecule has 0 saturated heterocycles. The van der Waals surface area contributed by atoms with E-state index >= 15 is 0 Å². The predicted octanol–water partition coefficient (Wildman–Crippen LogP) is 0.860. The summed E-state index contributed by atoms with van der Waals surface area (Å²) in [5.41, 5.74) is 7.26. The predicted molar refractivity (Wildman–Crippen MR) is 52.7 cm³/mol. The normalized spacial score (nSPS) is 11.1. The van der Waals surface area contributed by atoms with Crippen LogP contribution in [-0.4, -0.2) is 19.6 Å². The van der Waals surface area contributed by atoms with E-state index in [9.17, 15) is 0 Å². The van der Waals surface area contributed by atoms with Gasteiger partial charge in [-0.05, 0) is 12.1 Å². The molecule has 5 nitrogen and oxygen atoms in total. The first-order valence-electron chi connectivity index (χ1n) is 4.20. The van der Waals surface area contributed by atoms with Crippen LogP contribution in [0.25, 0.3) is 16.6 Å². The van der Waals surface area contributed by atoms with Gasteiger partial charge in [0.1, 0.15) is 6.33 Å². The van der Waals surface area contributed by atoms with Gasteiger partial charge < -0.3 is 5.73 Å². The number of nitrogen functional groups attached to an aromatic ring is 1. The summed E-state index contributed by atoms with van der Waals surface area (Å²) in [5.74, 6) is 0.359. The Labute approximate surface area is 79.2 Å². The van der Waals surface area contributed by atoms with Crippen molar-refractivity contribution in [3.63, 3.8) is 0 Å². The average molecular weight is 185 g/mol. The van der Waals surface area contributed by atoms with Crippen LogP contribution >= 0.6 is 0 Å². The van der Waals surface area contributed by atoms with E-state index in [-0.39, 0.29) is 0 Å². The minimum absolute atomic E-state index is 0.359. The van der Waals surface area contributed by atoms with Gasteiger partial charge in [0.05, 0.1) is 5.52 Å². The Bertz CT molecular complexity index is 613. The second-order valence-corrected chi connectivity index (χ2v) is 3.01. The molecule has 68 valence electrons. The van der Waals surface area contributed by atoms with E-state index in [1.54, 1.807) is 10.7 Å². The minimum atomic E-state index is 0.359. The van der Waals surface area contributed by atoms with Gasteiger partial charge in [0.2, 0.25) is 5.95 Å². The van der Waals surface area contributed by atoms with Crippen LogP contribution in [-0.2, 0) is 0 Å². The highest BCUT2D eigenvalue weighted by Crippen LogP contribution is 2.16. The number of hydrogen-bond donors (Lipinski definition) is 1. The molecule has 2 N–H and O–H groups in total. The molecule has 0 unspecified atom stereocenters. The molecule has 14 heavy (non-hydrogen) atoms. The second-order valence-electron chi connectivity index (χ2n) is 3.01. The first-order valence-corrected chi connectivity index (χ1v) is 4.20. The molecule has 0 aliphatic rings. The van der Waals surface area contributed by atoms with Crippen LogP contribution in [0.4, 0.5) is 5.95 Å². The van der Waals surface area contributed by atoms with Crippen LogP contribution in [0, 0.1) is 0 Å². The summed E-state index contributed by atoms with van der Waals surface area (Å²) in [7, 11) is 0. The van der Waals surface area contributed by atoms with Gasteiger partial charge in [-0.3, -0.25) is 4.40 Å². The Morgan fingerprint density at radius 2 is 2.00 bits per heavy atom. The number of nitrogens with zero attached hydrogens (tertiary/aromatic N) is 4. The average Bonchev–Trinajstić information content (AvgIpc) is 2.61. The van der Waals surface area contributed by atoms with Crippen molar-refractivity contribution in [3.8, 4) is 0 Å². The largest absolute Gasteiger partial charge is 0.368 e. The standard InChI is InChI=1S/C9H7N5/c10-9-13-12-8-6-3-1-2-4-7(6)11-5-14(8)9/h1-5H,(H2,10,13). The van der Waals surface area contributed by atoms with Crippen LogP contribution in [0.1, 0.15) is 0 Å². The van der Waals surface area contributed by atoms with E-state index in [1.807, 2.05) is 24.3 Å². The van der Waals surface area contributed by atoms with E-state index in [1.165, 1.54) is 0 Å². The molecule has 0 bridgehead atoms. The number of fused-ring (bicyclic) bond motifs is 3. The molecule has 0 fully saturated rings. The number of rotatable bonds is 0. The number of aromatic nitrogens is 4. The molecule has 3 rings (SSSR count). The summed E-state index contributed by atoms with van der Waals surface area (Å²) in [6.07, 6.45) is 1.63. The maximum absolute atomic E-state index is 5.62. The lowest BCUT2D eigenvalue weighted by atomic mass is 10.2. The highest BCUT2D eigenvalue weighted by molar-refractivity contribution is 5.91. The van der Waals surface area contributed by atoms with Gasteiger partial charge in [-0.15, -0.1) is 10.2 Å². The molecule has 0 aliphatic heterocycles. The van der Waals surface area contributed by atoms with Gasteiger partial charge in [-0.2, -0.15) is 0 Å². The molecule has 2 aromatic heterocycles. The fourth-order valence-corrected chi connectivity index (χ4v) is 1.50. The Morgan fingerprint density at radius 3 is 2.93 bits per heavy atom. The van der Waals surface area contributed by atoms with Crippen molar-refractivity contribution in [2.24, 2.45) is 0 Å². The summed E-state index contributed by atoms with van der Waals surface area (Å²) in [6, 6.07) is 7.76. The lowest BCUT2D eigenvalue weighted by molar-refractivity contribution is 1.10. The zero-order valence-electron chi connectivity index (χ0n) is 7.25. The topological polar surface area (TPSA) is 69.1 Å². The lowest BCUT2D eigenvalue weighted by Gasteiger charge is -1.97. The summed E-state index contributed by atoms with van der Waals surface area (Å²) in [4.78, 5) is 4.25. The quantitative estimate of drug-likeness (QED) is 0.564. The first-order chi connectivity index (χ1) is 6.86. The molecule has 2 heterocycles. The number of para-hydroxylation sites is 1. The first kappa shape index (κ1) is 7.25. The number of nitrogens with two attached hydrogens (primary N) is 1. The Balaban J connectivity index is 2.61. The Hall–Kier alpha value is -2.17. The van der Waals surface area contributed by atoms with Crippen LogP contribution < -0.4 is 5.73 Å². The van der Waals surface area contributed by atoms with E-state index in [0.29, 0.717) is 5.95 Å². The smallest absolute Gasteiger partial charge is 0.227 e. The zero-order valence-corrected chi connectivity index (χ0v) is 7.25. The fraction of sp³-hybridized carbons (Fsp3) is 0.